The number of rotatable bonds is 6. The average molecular weight is 680 g/mol. The predicted molar refractivity (Wildman–Crippen MR) is 221 cm³/mol. The van der Waals surface area contributed by atoms with Gasteiger partial charge in [-0.15, -0.1) is 0 Å². The summed E-state index contributed by atoms with van der Waals surface area (Å²) in [5.41, 5.74) is 16.3. The summed E-state index contributed by atoms with van der Waals surface area (Å²) in [7, 11) is 0. The van der Waals surface area contributed by atoms with Crippen LogP contribution in [0.25, 0.3) is 22.3 Å². The molecule has 0 bridgehead atoms. The number of nitrogens with zero attached hydrogens (tertiary/aromatic N) is 1. The first-order chi connectivity index (χ1) is 26.1. The molecule has 53 heavy (non-hydrogen) atoms. The predicted octanol–water partition coefficient (Wildman–Crippen LogP) is 13.3. The number of benzene rings is 7. The monoisotopic (exact) mass is 679 g/mol. The van der Waals surface area contributed by atoms with Crippen molar-refractivity contribution in [1.29, 1.82) is 0 Å². The lowest BCUT2D eigenvalue weighted by atomic mass is 9.63. The molecule has 0 heterocycles. The molecule has 0 saturated carbocycles. The van der Waals surface area contributed by atoms with E-state index in [0.29, 0.717) is 0 Å². The first-order valence-corrected chi connectivity index (χ1v) is 18.9. The number of allylic oxidation sites excluding steroid dienone is 4. The summed E-state index contributed by atoms with van der Waals surface area (Å²) in [5.74, 6) is 0.474. The Morgan fingerprint density at radius 1 is 0.453 bits per heavy atom. The Kier molecular flexibility index (Phi) is 7.27. The van der Waals surface area contributed by atoms with E-state index in [0.717, 1.165) is 5.69 Å². The van der Waals surface area contributed by atoms with Gasteiger partial charge in [-0.1, -0.05) is 184 Å². The molecule has 0 radical (unpaired) electrons. The van der Waals surface area contributed by atoms with E-state index in [-0.39, 0.29) is 22.7 Å². The fraction of sp³-hybridized carbons (Fsp3) is 0.115. The van der Waals surface area contributed by atoms with Crippen LogP contribution in [0, 0.1) is 5.92 Å². The van der Waals surface area contributed by atoms with E-state index >= 15 is 0 Å². The number of anilines is 3. The highest BCUT2D eigenvalue weighted by Gasteiger charge is 2.53. The summed E-state index contributed by atoms with van der Waals surface area (Å²) < 4.78 is 0. The van der Waals surface area contributed by atoms with Crippen molar-refractivity contribution in [3.05, 3.63) is 234 Å². The Balaban J connectivity index is 1.22. The minimum absolute atomic E-state index is 0.109. The van der Waals surface area contributed by atoms with Gasteiger partial charge in [0.15, 0.2) is 0 Å². The van der Waals surface area contributed by atoms with Crippen molar-refractivity contribution in [2.24, 2.45) is 5.92 Å². The summed E-state index contributed by atoms with van der Waals surface area (Å²) in [6.07, 6.45) is 9.37. The molecular formula is C52H41N. The topological polar surface area (TPSA) is 3.24 Å². The van der Waals surface area contributed by atoms with E-state index in [2.05, 4.69) is 219 Å². The van der Waals surface area contributed by atoms with Gasteiger partial charge >= 0.3 is 0 Å². The molecule has 0 fully saturated rings. The Labute approximate surface area is 313 Å². The summed E-state index contributed by atoms with van der Waals surface area (Å²) >= 11 is 0. The van der Waals surface area contributed by atoms with Crippen molar-refractivity contribution in [1.82, 2.24) is 0 Å². The molecule has 2 atom stereocenters. The van der Waals surface area contributed by atoms with Crippen molar-refractivity contribution in [2.45, 2.75) is 30.6 Å². The average Bonchev–Trinajstić information content (AvgIpc) is 3.65. The summed E-state index contributed by atoms with van der Waals surface area (Å²) in [5, 5.41) is 0. The highest BCUT2D eigenvalue weighted by Crippen LogP contribution is 2.60. The first-order valence-electron chi connectivity index (χ1n) is 18.9. The maximum Gasteiger partial charge on any atom is 0.0540 e. The third-order valence-electron chi connectivity index (χ3n) is 12.2. The molecule has 2 unspecified atom stereocenters. The molecule has 0 spiro atoms. The van der Waals surface area contributed by atoms with Gasteiger partial charge in [-0.05, 0) is 80.4 Å². The summed E-state index contributed by atoms with van der Waals surface area (Å²) in [4.78, 5) is 2.50. The third-order valence-corrected chi connectivity index (χ3v) is 12.2. The Morgan fingerprint density at radius 3 is 1.75 bits per heavy atom. The van der Waals surface area contributed by atoms with Gasteiger partial charge in [0.2, 0.25) is 0 Å². The van der Waals surface area contributed by atoms with Gasteiger partial charge < -0.3 is 4.90 Å². The minimum Gasteiger partial charge on any atom is -0.310 e. The van der Waals surface area contributed by atoms with Crippen LogP contribution in [0.4, 0.5) is 17.1 Å². The second kappa shape index (κ2) is 12.2. The maximum absolute atomic E-state index is 2.50. The second-order valence-electron chi connectivity index (χ2n) is 15.3. The maximum atomic E-state index is 2.50. The highest BCUT2D eigenvalue weighted by molar-refractivity contribution is 5.91. The summed E-state index contributed by atoms with van der Waals surface area (Å²) in [6, 6.07) is 65.4. The summed E-state index contributed by atoms with van der Waals surface area (Å²) in [6.45, 7) is 4.74. The van der Waals surface area contributed by atoms with Crippen LogP contribution in [0.2, 0.25) is 0 Å². The van der Waals surface area contributed by atoms with Crippen molar-refractivity contribution >= 4 is 17.1 Å². The minimum atomic E-state index is -0.321. The van der Waals surface area contributed by atoms with E-state index in [4.69, 9.17) is 0 Å². The van der Waals surface area contributed by atoms with Gasteiger partial charge in [0, 0.05) is 34.2 Å². The molecular weight excluding hydrogens is 639 g/mol. The van der Waals surface area contributed by atoms with E-state index in [1.165, 1.54) is 67.0 Å². The molecule has 0 aliphatic heterocycles. The molecule has 1 heteroatoms. The van der Waals surface area contributed by atoms with E-state index in [1.807, 2.05) is 0 Å². The second-order valence-corrected chi connectivity index (χ2v) is 15.3. The zero-order valence-corrected chi connectivity index (χ0v) is 30.2. The Hall–Kier alpha value is -6.18. The van der Waals surface area contributed by atoms with E-state index < -0.39 is 0 Å². The van der Waals surface area contributed by atoms with Crippen LogP contribution in [0.15, 0.2) is 200 Å². The molecule has 0 N–H and O–H groups in total. The van der Waals surface area contributed by atoms with E-state index in [1.54, 1.807) is 0 Å². The van der Waals surface area contributed by atoms with Crippen molar-refractivity contribution in [3.8, 4) is 22.3 Å². The van der Waals surface area contributed by atoms with Crippen molar-refractivity contribution < 1.29 is 0 Å². The standard InChI is InChI=1S/C52H41N/c1-51(2)46-27-15-12-25-42(46)44-32-30-40(35-49(44)51)53(50-29-17-14-24-41(50)36-18-6-3-7-19-36)39-31-33-48-45(34-39)43-26-13-16-28-47(43)52(48,37-20-8-4-9-21-37)38-22-10-5-11-23-38/h3-35,43,47H,1-2H3. The van der Waals surface area contributed by atoms with Crippen molar-refractivity contribution in [3.63, 3.8) is 0 Å². The lowest BCUT2D eigenvalue weighted by molar-refractivity contribution is 0.456. The zero-order chi connectivity index (χ0) is 35.6. The van der Waals surface area contributed by atoms with Crippen molar-refractivity contribution in [2.75, 3.05) is 4.90 Å². The molecule has 10 rings (SSSR count). The lowest BCUT2D eigenvalue weighted by Crippen LogP contribution is -2.35. The molecule has 254 valence electrons. The van der Waals surface area contributed by atoms with Crippen LogP contribution >= 0.6 is 0 Å². The van der Waals surface area contributed by atoms with E-state index in [9.17, 15) is 0 Å². The number of fused-ring (bicyclic) bond motifs is 6. The number of hydrogen-bond acceptors (Lipinski definition) is 1. The molecule has 1 nitrogen and oxygen atoms in total. The Bertz CT molecular complexity index is 2500. The lowest BCUT2D eigenvalue weighted by Gasteiger charge is -2.38. The van der Waals surface area contributed by atoms with Crippen LogP contribution in [0.5, 0.6) is 0 Å². The molecule has 0 aromatic heterocycles. The van der Waals surface area contributed by atoms with Crippen LogP contribution < -0.4 is 4.90 Å². The number of hydrogen-bond donors (Lipinski definition) is 0. The third kappa shape index (κ3) is 4.70. The first kappa shape index (κ1) is 31.5. The fourth-order valence-electron chi connectivity index (χ4n) is 9.88. The number of para-hydroxylation sites is 1. The SMILES string of the molecule is CC1(C)c2ccccc2-c2ccc(N(c3ccc4c(c3)C3C=CC=CC3C4(c3ccccc3)c3ccccc3)c3ccccc3-c3ccccc3)cc21. The normalized spacial score (nSPS) is 18.2. The molecule has 0 amide bonds. The molecule has 7 aromatic carbocycles. The smallest absolute Gasteiger partial charge is 0.0540 e. The van der Waals surface area contributed by atoms with Gasteiger partial charge in [-0.2, -0.15) is 0 Å². The van der Waals surface area contributed by atoms with Crippen LogP contribution in [0.3, 0.4) is 0 Å². The van der Waals surface area contributed by atoms with Gasteiger partial charge in [-0.25, -0.2) is 0 Å². The molecule has 3 aliphatic rings. The van der Waals surface area contributed by atoms with Crippen LogP contribution in [0.1, 0.15) is 53.1 Å². The Morgan fingerprint density at radius 2 is 1.02 bits per heavy atom. The van der Waals surface area contributed by atoms with Gasteiger partial charge in [0.1, 0.15) is 0 Å². The van der Waals surface area contributed by atoms with Gasteiger partial charge in [0.25, 0.3) is 0 Å². The van der Waals surface area contributed by atoms with Crippen LogP contribution in [-0.2, 0) is 10.8 Å². The van der Waals surface area contributed by atoms with Gasteiger partial charge in [0.05, 0.1) is 11.1 Å². The molecule has 3 aliphatic carbocycles. The largest absolute Gasteiger partial charge is 0.310 e. The highest BCUT2D eigenvalue weighted by atomic mass is 15.1. The fourth-order valence-corrected chi connectivity index (χ4v) is 9.88. The molecule has 7 aromatic rings. The van der Waals surface area contributed by atoms with Crippen LogP contribution in [-0.4, -0.2) is 0 Å². The van der Waals surface area contributed by atoms with Gasteiger partial charge in [-0.3, -0.25) is 0 Å². The molecule has 0 saturated heterocycles. The zero-order valence-electron chi connectivity index (χ0n) is 30.2. The quantitative estimate of drug-likeness (QED) is 0.169.